The van der Waals surface area contributed by atoms with Gasteiger partial charge in [-0.05, 0) is 57.4 Å². The van der Waals surface area contributed by atoms with E-state index < -0.39 is 0 Å². The lowest BCUT2D eigenvalue weighted by Gasteiger charge is -2.33. The van der Waals surface area contributed by atoms with Crippen molar-refractivity contribution in [2.24, 2.45) is 4.99 Å². The van der Waals surface area contributed by atoms with Gasteiger partial charge in [0.25, 0.3) is 0 Å². The third kappa shape index (κ3) is 8.02. The van der Waals surface area contributed by atoms with Crippen LogP contribution in [0.5, 0.6) is 17.2 Å². The standard InChI is InChI=1S/C22H38N4O3.HI/c1-6-23-22(24-11-9-13-26-12-8-7-10-17(26)2)25-16-18-14-19(27-3)21(29-5)20(15-18)28-4;/h14-15,17H,6-13,16H2,1-5H3,(H2,23,24,25);1H. The molecule has 1 unspecified atom stereocenters. The molecule has 0 aromatic heterocycles. The summed E-state index contributed by atoms with van der Waals surface area (Å²) in [6.45, 7) is 9.04. The molecule has 2 N–H and O–H groups in total. The number of ether oxygens (including phenoxy) is 3. The number of rotatable bonds is 10. The van der Waals surface area contributed by atoms with Crippen molar-refractivity contribution in [3.63, 3.8) is 0 Å². The van der Waals surface area contributed by atoms with Gasteiger partial charge >= 0.3 is 0 Å². The van der Waals surface area contributed by atoms with Crippen LogP contribution in [0.15, 0.2) is 17.1 Å². The molecule has 0 bridgehead atoms. The van der Waals surface area contributed by atoms with Crippen molar-refractivity contribution in [1.29, 1.82) is 0 Å². The van der Waals surface area contributed by atoms with Crippen LogP contribution in [0.1, 0.15) is 45.1 Å². The van der Waals surface area contributed by atoms with Crippen LogP contribution in [0.25, 0.3) is 0 Å². The average molecular weight is 534 g/mol. The van der Waals surface area contributed by atoms with E-state index in [9.17, 15) is 0 Å². The Balaban J connectivity index is 0.00000450. The highest BCUT2D eigenvalue weighted by molar-refractivity contribution is 14.0. The summed E-state index contributed by atoms with van der Waals surface area (Å²) >= 11 is 0. The van der Waals surface area contributed by atoms with Crippen LogP contribution >= 0.6 is 24.0 Å². The summed E-state index contributed by atoms with van der Waals surface area (Å²) in [6.07, 6.45) is 5.13. The first-order valence-corrected chi connectivity index (χ1v) is 10.7. The van der Waals surface area contributed by atoms with E-state index in [-0.39, 0.29) is 24.0 Å². The quantitative estimate of drug-likeness (QED) is 0.207. The van der Waals surface area contributed by atoms with Gasteiger partial charge in [0.2, 0.25) is 5.75 Å². The number of guanidine groups is 1. The monoisotopic (exact) mass is 534 g/mol. The minimum atomic E-state index is 0. The van der Waals surface area contributed by atoms with Crippen molar-refractivity contribution in [2.75, 3.05) is 47.5 Å². The van der Waals surface area contributed by atoms with Gasteiger partial charge in [-0.25, -0.2) is 4.99 Å². The Morgan fingerprint density at radius 3 is 2.37 bits per heavy atom. The molecule has 2 rings (SSSR count). The number of halogens is 1. The number of likely N-dealkylation sites (tertiary alicyclic amines) is 1. The van der Waals surface area contributed by atoms with Gasteiger partial charge in [-0.3, -0.25) is 0 Å². The van der Waals surface area contributed by atoms with Crippen LogP contribution in [-0.4, -0.2) is 64.4 Å². The smallest absolute Gasteiger partial charge is 0.203 e. The highest BCUT2D eigenvalue weighted by Gasteiger charge is 2.17. The van der Waals surface area contributed by atoms with Gasteiger partial charge in [0, 0.05) is 25.7 Å². The summed E-state index contributed by atoms with van der Waals surface area (Å²) in [5.41, 5.74) is 0.999. The highest BCUT2D eigenvalue weighted by Crippen LogP contribution is 2.38. The minimum absolute atomic E-state index is 0. The number of aliphatic imine (C=N–C) groups is 1. The van der Waals surface area contributed by atoms with E-state index in [0.29, 0.717) is 29.8 Å². The molecule has 1 saturated heterocycles. The van der Waals surface area contributed by atoms with Crippen LogP contribution in [0.2, 0.25) is 0 Å². The number of piperidine rings is 1. The van der Waals surface area contributed by atoms with E-state index in [1.54, 1.807) is 21.3 Å². The van der Waals surface area contributed by atoms with Gasteiger partial charge < -0.3 is 29.7 Å². The Morgan fingerprint density at radius 2 is 1.80 bits per heavy atom. The van der Waals surface area contributed by atoms with Gasteiger partial charge in [0.1, 0.15) is 0 Å². The zero-order valence-electron chi connectivity index (χ0n) is 19.1. The van der Waals surface area contributed by atoms with Crippen LogP contribution in [0, 0.1) is 0 Å². The first kappa shape index (κ1) is 26.6. The second kappa shape index (κ2) is 14.6. The van der Waals surface area contributed by atoms with Gasteiger partial charge in [-0.2, -0.15) is 0 Å². The number of methoxy groups -OCH3 is 3. The van der Waals surface area contributed by atoms with Crippen LogP contribution in [0.4, 0.5) is 0 Å². The fraction of sp³-hybridized carbons (Fsp3) is 0.682. The first-order chi connectivity index (χ1) is 14.1. The maximum atomic E-state index is 5.43. The Hall–Kier alpha value is -1.42. The largest absolute Gasteiger partial charge is 0.493 e. The minimum Gasteiger partial charge on any atom is -0.493 e. The number of hydrogen-bond donors (Lipinski definition) is 2. The van der Waals surface area contributed by atoms with Crippen LogP contribution < -0.4 is 24.8 Å². The molecule has 8 heteroatoms. The Morgan fingerprint density at radius 1 is 1.10 bits per heavy atom. The van der Waals surface area contributed by atoms with E-state index in [0.717, 1.165) is 37.6 Å². The van der Waals surface area contributed by atoms with Gasteiger partial charge in [0.05, 0.1) is 27.9 Å². The summed E-state index contributed by atoms with van der Waals surface area (Å²) < 4.78 is 16.2. The third-order valence-electron chi connectivity index (χ3n) is 5.34. The molecule has 172 valence electrons. The summed E-state index contributed by atoms with van der Waals surface area (Å²) in [5.74, 6) is 2.71. The number of benzene rings is 1. The molecule has 0 amide bonds. The maximum absolute atomic E-state index is 5.43. The lowest BCUT2D eigenvalue weighted by Crippen LogP contribution is -2.41. The summed E-state index contributed by atoms with van der Waals surface area (Å²) in [6, 6.07) is 4.59. The zero-order valence-corrected chi connectivity index (χ0v) is 21.5. The van der Waals surface area contributed by atoms with Crippen LogP contribution in [0.3, 0.4) is 0 Å². The molecule has 1 aromatic rings. The Labute approximate surface area is 199 Å². The summed E-state index contributed by atoms with van der Waals surface area (Å²) in [7, 11) is 4.86. The van der Waals surface area contributed by atoms with Gasteiger partial charge in [-0.1, -0.05) is 6.42 Å². The van der Waals surface area contributed by atoms with Gasteiger partial charge in [0.15, 0.2) is 17.5 Å². The number of hydrogen-bond acceptors (Lipinski definition) is 5. The molecular formula is C22H39IN4O3. The first-order valence-electron chi connectivity index (χ1n) is 10.7. The van der Waals surface area contributed by atoms with Crippen molar-refractivity contribution < 1.29 is 14.2 Å². The molecule has 0 spiro atoms. The fourth-order valence-corrected chi connectivity index (χ4v) is 3.72. The molecule has 0 saturated carbocycles. The molecule has 7 nitrogen and oxygen atoms in total. The SMILES string of the molecule is CCNC(=NCc1cc(OC)c(OC)c(OC)c1)NCCCN1CCCCC1C.I. The second-order valence-corrected chi connectivity index (χ2v) is 7.39. The lowest BCUT2D eigenvalue weighted by atomic mass is 10.0. The van der Waals surface area contributed by atoms with E-state index in [4.69, 9.17) is 19.2 Å². The van der Waals surface area contributed by atoms with E-state index in [1.165, 1.54) is 25.8 Å². The summed E-state index contributed by atoms with van der Waals surface area (Å²) in [4.78, 5) is 7.32. The number of nitrogens with zero attached hydrogens (tertiary/aromatic N) is 2. The van der Waals surface area contributed by atoms with Crippen molar-refractivity contribution in [2.45, 2.75) is 52.1 Å². The molecule has 0 radical (unpaired) electrons. The van der Waals surface area contributed by atoms with E-state index in [2.05, 4.69) is 29.4 Å². The fourth-order valence-electron chi connectivity index (χ4n) is 3.72. The van der Waals surface area contributed by atoms with E-state index >= 15 is 0 Å². The average Bonchev–Trinajstić information content (AvgIpc) is 2.75. The molecular weight excluding hydrogens is 495 g/mol. The Bertz CT molecular complexity index is 632. The molecule has 0 aliphatic carbocycles. The molecule has 1 heterocycles. The predicted octanol–water partition coefficient (Wildman–Crippen LogP) is 3.65. The second-order valence-electron chi connectivity index (χ2n) is 7.39. The van der Waals surface area contributed by atoms with Crippen molar-refractivity contribution in [1.82, 2.24) is 15.5 Å². The zero-order chi connectivity index (χ0) is 21.1. The third-order valence-corrected chi connectivity index (χ3v) is 5.34. The molecule has 30 heavy (non-hydrogen) atoms. The molecule has 1 fully saturated rings. The van der Waals surface area contributed by atoms with Crippen molar-refractivity contribution >= 4 is 29.9 Å². The molecule has 1 aromatic carbocycles. The van der Waals surface area contributed by atoms with Gasteiger partial charge in [-0.15, -0.1) is 24.0 Å². The Kier molecular flexibility index (Phi) is 12.9. The van der Waals surface area contributed by atoms with Crippen LogP contribution in [-0.2, 0) is 6.54 Å². The molecule has 1 aliphatic heterocycles. The topological polar surface area (TPSA) is 67.4 Å². The molecule has 1 aliphatic rings. The number of nitrogens with one attached hydrogen (secondary N) is 2. The predicted molar refractivity (Wildman–Crippen MR) is 134 cm³/mol. The van der Waals surface area contributed by atoms with E-state index in [1.807, 2.05) is 12.1 Å². The molecule has 1 atom stereocenters. The summed E-state index contributed by atoms with van der Waals surface area (Å²) in [5, 5.41) is 6.77. The van der Waals surface area contributed by atoms with Crippen molar-refractivity contribution in [3.8, 4) is 17.2 Å². The lowest BCUT2D eigenvalue weighted by molar-refractivity contribution is 0.159. The maximum Gasteiger partial charge on any atom is 0.203 e. The normalized spacial score (nSPS) is 17.1. The highest BCUT2D eigenvalue weighted by atomic mass is 127. The van der Waals surface area contributed by atoms with Crippen molar-refractivity contribution in [3.05, 3.63) is 17.7 Å².